The van der Waals surface area contributed by atoms with E-state index in [1.165, 1.54) is 37.2 Å². The van der Waals surface area contributed by atoms with E-state index in [4.69, 9.17) is 0 Å². The first-order valence-electron chi connectivity index (χ1n) is 7.00. The van der Waals surface area contributed by atoms with Crippen molar-refractivity contribution in [2.75, 3.05) is 19.0 Å². The molecular weight excluding hydrogens is 276 g/mol. The third-order valence-electron chi connectivity index (χ3n) is 3.81. The second-order valence-corrected chi connectivity index (χ2v) is 6.58. The molecule has 0 unspecified atom stereocenters. The average Bonchev–Trinajstić information content (AvgIpc) is 3.09. The van der Waals surface area contributed by atoms with Crippen LogP contribution in [0.2, 0.25) is 0 Å². The Morgan fingerprint density at radius 2 is 1.76 bits per heavy atom. The summed E-state index contributed by atoms with van der Waals surface area (Å²) in [5.74, 6) is 0. The Labute approximate surface area is 127 Å². The number of nitrogens with zero attached hydrogens (tertiary/aromatic N) is 1. The monoisotopic (exact) mass is 292 g/mol. The first-order chi connectivity index (χ1) is 10.2. The van der Waals surface area contributed by atoms with Gasteiger partial charge in [0.1, 0.15) is 0 Å². The van der Waals surface area contributed by atoms with Crippen LogP contribution in [0.4, 0.5) is 5.69 Å². The Bertz CT molecular complexity index is 898. The van der Waals surface area contributed by atoms with Crippen LogP contribution in [0, 0.1) is 0 Å². The second-order valence-electron chi connectivity index (χ2n) is 5.50. The molecule has 0 saturated heterocycles. The minimum atomic E-state index is 1.19. The van der Waals surface area contributed by atoms with Gasteiger partial charge in [0.15, 0.2) is 0 Å². The summed E-state index contributed by atoms with van der Waals surface area (Å²) in [7, 11) is 4.13. The van der Waals surface area contributed by atoms with Crippen LogP contribution < -0.4 is 4.90 Å². The molecule has 0 saturated carbocycles. The van der Waals surface area contributed by atoms with E-state index < -0.39 is 0 Å². The van der Waals surface area contributed by atoms with Crippen molar-refractivity contribution in [2.24, 2.45) is 0 Å². The Hall–Kier alpha value is -2.26. The molecule has 3 heteroatoms. The normalized spacial score (nSPS) is 11.3. The van der Waals surface area contributed by atoms with Crippen LogP contribution in [-0.4, -0.2) is 19.1 Å². The van der Waals surface area contributed by atoms with Gasteiger partial charge in [-0.25, -0.2) is 0 Å². The molecule has 0 aliphatic heterocycles. The minimum Gasteiger partial charge on any atom is -0.378 e. The lowest BCUT2D eigenvalue weighted by atomic mass is 10.2. The molecule has 0 fully saturated rings. The molecule has 0 radical (unpaired) electrons. The van der Waals surface area contributed by atoms with Gasteiger partial charge < -0.3 is 9.88 Å². The van der Waals surface area contributed by atoms with Crippen LogP contribution in [0.5, 0.6) is 0 Å². The van der Waals surface area contributed by atoms with Gasteiger partial charge in [-0.1, -0.05) is 24.3 Å². The fourth-order valence-corrected chi connectivity index (χ4v) is 3.67. The fraction of sp³-hybridized carbons (Fsp3) is 0.111. The second kappa shape index (κ2) is 4.64. The van der Waals surface area contributed by atoms with Crippen LogP contribution in [0.15, 0.2) is 54.6 Å². The van der Waals surface area contributed by atoms with Gasteiger partial charge in [0.2, 0.25) is 0 Å². The maximum Gasteiger partial charge on any atom is 0.0566 e. The number of hydrogen-bond acceptors (Lipinski definition) is 2. The number of nitrogens with one attached hydrogen (secondary N) is 1. The van der Waals surface area contributed by atoms with E-state index in [0.29, 0.717) is 0 Å². The highest BCUT2D eigenvalue weighted by Crippen LogP contribution is 2.35. The van der Waals surface area contributed by atoms with Crippen molar-refractivity contribution in [2.45, 2.75) is 0 Å². The molecular formula is C18H16N2S. The zero-order chi connectivity index (χ0) is 14.4. The highest BCUT2D eigenvalue weighted by Gasteiger charge is 2.08. The van der Waals surface area contributed by atoms with Gasteiger partial charge in [-0.15, -0.1) is 11.3 Å². The van der Waals surface area contributed by atoms with Crippen LogP contribution in [0.3, 0.4) is 0 Å². The van der Waals surface area contributed by atoms with Crippen molar-refractivity contribution in [3.05, 3.63) is 54.6 Å². The molecule has 104 valence electrons. The molecule has 0 aliphatic carbocycles. The summed E-state index contributed by atoms with van der Waals surface area (Å²) in [5, 5.41) is 2.57. The van der Waals surface area contributed by atoms with Crippen molar-refractivity contribution < 1.29 is 0 Å². The van der Waals surface area contributed by atoms with Crippen LogP contribution in [-0.2, 0) is 0 Å². The zero-order valence-corrected chi connectivity index (χ0v) is 12.9. The third kappa shape index (κ3) is 2.10. The summed E-state index contributed by atoms with van der Waals surface area (Å²) in [6, 6.07) is 19.6. The molecule has 21 heavy (non-hydrogen) atoms. The topological polar surface area (TPSA) is 19.0 Å². The zero-order valence-electron chi connectivity index (χ0n) is 12.1. The number of thiophene rings is 1. The highest BCUT2D eigenvalue weighted by atomic mass is 32.1. The summed E-state index contributed by atoms with van der Waals surface area (Å²) in [6.07, 6.45) is 0. The number of anilines is 1. The molecule has 0 spiro atoms. The average molecular weight is 292 g/mol. The maximum absolute atomic E-state index is 3.55. The predicted molar refractivity (Wildman–Crippen MR) is 93.4 cm³/mol. The van der Waals surface area contributed by atoms with Crippen LogP contribution in [0.25, 0.3) is 31.6 Å². The van der Waals surface area contributed by atoms with Crippen molar-refractivity contribution >= 4 is 38.0 Å². The third-order valence-corrected chi connectivity index (χ3v) is 4.96. The van der Waals surface area contributed by atoms with E-state index in [-0.39, 0.29) is 0 Å². The van der Waals surface area contributed by atoms with Crippen LogP contribution >= 0.6 is 11.3 Å². The molecule has 0 atom stereocenters. The van der Waals surface area contributed by atoms with Crippen LogP contribution in [0.1, 0.15) is 0 Å². The van der Waals surface area contributed by atoms with Crippen molar-refractivity contribution in [3.8, 4) is 10.6 Å². The van der Waals surface area contributed by atoms with E-state index in [1.54, 1.807) is 0 Å². The van der Waals surface area contributed by atoms with Gasteiger partial charge >= 0.3 is 0 Å². The SMILES string of the molecule is CN(C)c1ccc2cc(-c3cc4ccccc4s3)[nH]c2c1. The summed E-state index contributed by atoms with van der Waals surface area (Å²) in [6.45, 7) is 0. The Morgan fingerprint density at radius 3 is 2.57 bits per heavy atom. The van der Waals surface area contributed by atoms with E-state index in [0.717, 1.165) is 0 Å². The predicted octanol–water partition coefficient (Wildman–Crippen LogP) is 5.12. The smallest absolute Gasteiger partial charge is 0.0566 e. The largest absolute Gasteiger partial charge is 0.378 e. The highest BCUT2D eigenvalue weighted by molar-refractivity contribution is 7.22. The first kappa shape index (κ1) is 12.5. The van der Waals surface area contributed by atoms with Gasteiger partial charge in [-0.3, -0.25) is 0 Å². The van der Waals surface area contributed by atoms with E-state index >= 15 is 0 Å². The summed E-state index contributed by atoms with van der Waals surface area (Å²) < 4.78 is 1.33. The van der Waals surface area contributed by atoms with Gasteiger partial charge in [0, 0.05) is 35.4 Å². The number of H-pyrrole nitrogens is 1. The molecule has 2 nitrogen and oxygen atoms in total. The first-order valence-corrected chi connectivity index (χ1v) is 7.81. The number of hydrogen-bond donors (Lipinski definition) is 1. The van der Waals surface area contributed by atoms with Crippen molar-refractivity contribution in [3.63, 3.8) is 0 Å². The number of rotatable bonds is 2. The Morgan fingerprint density at radius 1 is 0.905 bits per heavy atom. The molecule has 0 amide bonds. The maximum atomic E-state index is 3.55. The number of benzene rings is 2. The number of fused-ring (bicyclic) bond motifs is 2. The van der Waals surface area contributed by atoms with Gasteiger partial charge in [0.25, 0.3) is 0 Å². The summed E-state index contributed by atoms with van der Waals surface area (Å²) in [4.78, 5) is 6.97. The van der Waals surface area contributed by atoms with E-state index in [9.17, 15) is 0 Å². The molecule has 4 rings (SSSR count). The molecule has 2 aromatic carbocycles. The van der Waals surface area contributed by atoms with Crippen molar-refractivity contribution in [1.82, 2.24) is 4.98 Å². The van der Waals surface area contributed by atoms with Gasteiger partial charge in [0.05, 0.1) is 10.6 Å². The van der Waals surface area contributed by atoms with Gasteiger partial charge in [-0.2, -0.15) is 0 Å². The molecule has 2 heterocycles. The molecule has 0 bridgehead atoms. The Balaban J connectivity index is 1.86. The standard InChI is InChI=1S/C18H16N2S/c1-20(2)14-8-7-12-9-16(19-15(12)11-14)18-10-13-5-3-4-6-17(13)21-18/h3-11,19H,1-2H3. The van der Waals surface area contributed by atoms with Crippen molar-refractivity contribution in [1.29, 1.82) is 0 Å². The lowest BCUT2D eigenvalue weighted by molar-refractivity contribution is 1.13. The molecule has 2 aromatic heterocycles. The summed E-state index contributed by atoms with van der Waals surface area (Å²) in [5.41, 5.74) is 3.60. The van der Waals surface area contributed by atoms with Gasteiger partial charge in [-0.05, 0) is 35.7 Å². The lowest BCUT2D eigenvalue weighted by Gasteiger charge is -2.11. The quantitative estimate of drug-likeness (QED) is 0.543. The minimum absolute atomic E-state index is 1.19. The summed E-state index contributed by atoms with van der Waals surface area (Å²) >= 11 is 1.83. The number of aromatic amines is 1. The Kier molecular flexibility index (Phi) is 2.76. The molecule has 0 aliphatic rings. The fourth-order valence-electron chi connectivity index (χ4n) is 2.64. The van der Waals surface area contributed by atoms with E-state index in [1.807, 2.05) is 11.3 Å². The number of aromatic nitrogens is 1. The molecule has 1 N–H and O–H groups in total. The molecule has 4 aromatic rings. The van der Waals surface area contributed by atoms with E-state index in [2.05, 4.69) is 78.6 Å². The lowest BCUT2D eigenvalue weighted by Crippen LogP contribution is -2.07.